The monoisotopic (exact) mass is 538 g/mol. The topological polar surface area (TPSA) is 133 Å². The summed E-state index contributed by atoms with van der Waals surface area (Å²) in [5.74, 6) is -0.554. The van der Waals surface area contributed by atoms with Crippen LogP contribution in [0.5, 0.6) is 0 Å². The number of pyridine rings is 1. The molecule has 40 heavy (non-hydrogen) atoms. The van der Waals surface area contributed by atoms with Gasteiger partial charge in [0, 0.05) is 12.4 Å². The van der Waals surface area contributed by atoms with Gasteiger partial charge in [0.25, 0.3) is 5.91 Å². The zero-order chi connectivity index (χ0) is 28.3. The molecule has 10 nitrogen and oxygen atoms in total. The lowest BCUT2D eigenvalue weighted by Gasteiger charge is -2.22. The summed E-state index contributed by atoms with van der Waals surface area (Å²) in [6, 6.07) is 19.0. The number of carbonyl (C=O) groups excluding carboxylic acids is 1. The molecule has 1 atom stereocenters. The van der Waals surface area contributed by atoms with Crippen molar-refractivity contribution in [1.29, 1.82) is 5.26 Å². The highest BCUT2D eigenvalue weighted by Crippen LogP contribution is 2.28. The van der Waals surface area contributed by atoms with Gasteiger partial charge in [-0.2, -0.15) is 15.5 Å². The molecule has 0 saturated carbocycles. The van der Waals surface area contributed by atoms with Crippen LogP contribution in [-0.4, -0.2) is 53.7 Å². The minimum atomic E-state index is -1.66. The summed E-state index contributed by atoms with van der Waals surface area (Å²) in [6.07, 6.45) is 4.68. The van der Waals surface area contributed by atoms with Crippen LogP contribution in [0.2, 0.25) is 0 Å². The lowest BCUT2D eigenvalue weighted by Crippen LogP contribution is -2.42. The van der Waals surface area contributed by atoms with Crippen molar-refractivity contribution in [2.45, 2.75) is 32.2 Å². The second-order valence-electron chi connectivity index (χ2n) is 9.89. The molecule has 0 saturated heterocycles. The highest BCUT2D eigenvalue weighted by molar-refractivity contribution is 6.00. The van der Waals surface area contributed by atoms with Gasteiger partial charge in [0.15, 0.2) is 0 Å². The van der Waals surface area contributed by atoms with Crippen molar-refractivity contribution in [2.75, 3.05) is 11.9 Å². The SMILES string of the molecule is CC(C)(O)[C@H](F)CNC(=O)c1cnc(-c2ccc3cc(C#N)cnn23)cc1Nc1cnn(Cc2ccccc2)c1. The van der Waals surface area contributed by atoms with Crippen LogP contribution in [-0.2, 0) is 6.54 Å². The quantitative estimate of drug-likeness (QED) is 0.257. The lowest BCUT2D eigenvalue weighted by atomic mass is 10.0. The molecule has 0 aliphatic heterocycles. The number of anilines is 2. The number of carbonyl (C=O) groups is 1. The standard InChI is InChI=1S/C29H27FN8O2/c1-29(2,40)27(30)16-33-28(39)23-15-32-25(26-9-8-22-10-20(12-31)13-35-38(22)26)11-24(23)36-21-14-34-37(18-21)17-19-6-4-3-5-7-19/h3-11,13-15,18,27,40H,16-17H2,1-2H3,(H,32,36)(H,33,39)/t27-/m1/s1. The van der Waals surface area contributed by atoms with Gasteiger partial charge in [0.05, 0.1) is 70.5 Å². The molecular formula is C29H27FN8O2. The Hall–Kier alpha value is -5.08. The summed E-state index contributed by atoms with van der Waals surface area (Å²) in [5, 5.41) is 33.6. The van der Waals surface area contributed by atoms with Crippen LogP contribution in [0.4, 0.5) is 15.8 Å². The number of benzene rings is 1. The Labute approximate surface area is 229 Å². The number of nitrogens with one attached hydrogen (secondary N) is 2. The van der Waals surface area contributed by atoms with E-state index in [0.29, 0.717) is 34.9 Å². The number of halogens is 1. The molecule has 11 heteroatoms. The van der Waals surface area contributed by atoms with Gasteiger partial charge in [-0.1, -0.05) is 30.3 Å². The molecule has 5 rings (SSSR count). The second kappa shape index (κ2) is 11.0. The smallest absolute Gasteiger partial charge is 0.255 e. The predicted molar refractivity (Wildman–Crippen MR) is 148 cm³/mol. The van der Waals surface area contributed by atoms with E-state index in [9.17, 15) is 19.6 Å². The maximum absolute atomic E-state index is 14.3. The van der Waals surface area contributed by atoms with Crippen molar-refractivity contribution >= 4 is 22.8 Å². The van der Waals surface area contributed by atoms with Crippen LogP contribution in [0, 0.1) is 11.3 Å². The van der Waals surface area contributed by atoms with Crippen molar-refractivity contribution in [3.05, 3.63) is 96.1 Å². The van der Waals surface area contributed by atoms with E-state index in [1.54, 1.807) is 27.5 Å². The Morgan fingerprint density at radius 3 is 2.67 bits per heavy atom. The van der Waals surface area contributed by atoms with E-state index in [0.717, 1.165) is 11.1 Å². The molecule has 5 aromatic rings. The molecular weight excluding hydrogens is 511 g/mol. The molecule has 4 heterocycles. The average Bonchev–Trinajstić information content (AvgIpc) is 3.57. The van der Waals surface area contributed by atoms with Crippen LogP contribution in [0.1, 0.15) is 35.3 Å². The van der Waals surface area contributed by atoms with Gasteiger partial charge < -0.3 is 15.7 Å². The molecule has 1 aromatic carbocycles. The number of hydrogen-bond donors (Lipinski definition) is 3. The van der Waals surface area contributed by atoms with Crippen molar-refractivity contribution in [2.24, 2.45) is 0 Å². The molecule has 4 aromatic heterocycles. The highest BCUT2D eigenvalue weighted by Gasteiger charge is 2.27. The number of rotatable bonds is 9. The fraction of sp³-hybridized carbons (Fsp3) is 0.207. The zero-order valence-electron chi connectivity index (χ0n) is 21.9. The Bertz CT molecular complexity index is 1700. The van der Waals surface area contributed by atoms with E-state index >= 15 is 0 Å². The number of aliphatic hydroxyl groups is 1. The third-order valence-corrected chi connectivity index (χ3v) is 6.35. The van der Waals surface area contributed by atoms with Gasteiger partial charge in [-0.15, -0.1) is 0 Å². The first-order valence-corrected chi connectivity index (χ1v) is 12.6. The summed E-state index contributed by atoms with van der Waals surface area (Å²) >= 11 is 0. The van der Waals surface area contributed by atoms with Crippen molar-refractivity contribution < 1.29 is 14.3 Å². The molecule has 0 unspecified atom stereocenters. The Kier molecular flexibility index (Phi) is 7.27. The van der Waals surface area contributed by atoms with Gasteiger partial charge in [-0.05, 0) is 43.7 Å². The number of hydrogen-bond acceptors (Lipinski definition) is 7. The second-order valence-corrected chi connectivity index (χ2v) is 9.89. The largest absolute Gasteiger partial charge is 0.387 e. The van der Waals surface area contributed by atoms with E-state index in [-0.39, 0.29) is 12.1 Å². The number of alkyl halides is 1. The molecule has 0 aliphatic carbocycles. The fourth-order valence-corrected chi connectivity index (χ4v) is 4.10. The van der Waals surface area contributed by atoms with Crippen LogP contribution in [0.3, 0.4) is 0 Å². The van der Waals surface area contributed by atoms with E-state index < -0.39 is 17.7 Å². The summed E-state index contributed by atoms with van der Waals surface area (Å²) in [5.41, 5.74) is 3.05. The van der Waals surface area contributed by atoms with Gasteiger partial charge in [-0.25, -0.2) is 8.91 Å². The summed E-state index contributed by atoms with van der Waals surface area (Å²) < 4.78 is 17.8. The fourth-order valence-electron chi connectivity index (χ4n) is 4.10. The third kappa shape index (κ3) is 5.82. The molecule has 0 spiro atoms. The van der Waals surface area contributed by atoms with Crippen molar-refractivity contribution in [1.82, 2.24) is 29.7 Å². The molecule has 0 fully saturated rings. The Balaban J connectivity index is 1.46. The van der Waals surface area contributed by atoms with E-state index in [4.69, 9.17) is 0 Å². The lowest BCUT2D eigenvalue weighted by molar-refractivity contribution is -0.00177. The molecule has 3 N–H and O–H groups in total. The Morgan fingerprint density at radius 1 is 1.12 bits per heavy atom. The molecule has 0 bridgehead atoms. The number of fused-ring (bicyclic) bond motifs is 1. The summed E-state index contributed by atoms with van der Waals surface area (Å²) in [7, 11) is 0. The van der Waals surface area contributed by atoms with Crippen LogP contribution >= 0.6 is 0 Å². The maximum atomic E-state index is 14.3. The zero-order valence-corrected chi connectivity index (χ0v) is 21.9. The normalized spacial score (nSPS) is 12.2. The van der Waals surface area contributed by atoms with Gasteiger partial charge >= 0.3 is 0 Å². The van der Waals surface area contributed by atoms with E-state index in [1.807, 2.05) is 48.7 Å². The first-order chi connectivity index (χ1) is 19.2. The summed E-state index contributed by atoms with van der Waals surface area (Å²) in [4.78, 5) is 17.6. The minimum absolute atomic E-state index is 0.183. The Morgan fingerprint density at radius 2 is 1.93 bits per heavy atom. The van der Waals surface area contributed by atoms with E-state index in [1.165, 1.54) is 26.2 Å². The maximum Gasteiger partial charge on any atom is 0.255 e. The minimum Gasteiger partial charge on any atom is -0.387 e. The van der Waals surface area contributed by atoms with Crippen LogP contribution < -0.4 is 10.6 Å². The van der Waals surface area contributed by atoms with Crippen molar-refractivity contribution in [3.8, 4) is 17.5 Å². The molecule has 1 amide bonds. The van der Waals surface area contributed by atoms with Gasteiger partial charge in [0.1, 0.15) is 12.2 Å². The van der Waals surface area contributed by atoms with Gasteiger partial charge in [0.2, 0.25) is 0 Å². The van der Waals surface area contributed by atoms with Crippen LogP contribution in [0.15, 0.2) is 79.4 Å². The molecule has 0 radical (unpaired) electrons. The number of nitrogens with zero attached hydrogens (tertiary/aromatic N) is 6. The predicted octanol–water partition coefficient (Wildman–Crippen LogP) is 4.10. The summed E-state index contributed by atoms with van der Waals surface area (Å²) in [6.45, 7) is 2.89. The first kappa shape index (κ1) is 26.5. The van der Waals surface area contributed by atoms with Crippen LogP contribution in [0.25, 0.3) is 16.9 Å². The number of amides is 1. The number of nitriles is 1. The molecule has 202 valence electrons. The number of aromatic nitrogens is 5. The van der Waals surface area contributed by atoms with Crippen molar-refractivity contribution in [3.63, 3.8) is 0 Å². The third-order valence-electron chi connectivity index (χ3n) is 6.35. The van der Waals surface area contributed by atoms with Gasteiger partial charge in [-0.3, -0.25) is 14.5 Å². The van der Waals surface area contributed by atoms with E-state index in [2.05, 4.69) is 31.9 Å². The molecule has 0 aliphatic rings. The average molecular weight is 539 g/mol. The first-order valence-electron chi connectivity index (χ1n) is 12.6. The highest BCUT2D eigenvalue weighted by atomic mass is 19.1.